The summed E-state index contributed by atoms with van der Waals surface area (Å²) in [5.74, 6) is 1.85. The molecule has 1 aromatic carbocycles. The molecule has 1 atom stereocenters. The standard InChI is InChI=1S/C21H32N4O3/c1-5-27-18-8-6-7-16(13-18)9-10-22-19-23-14-17-15-24(11-12-25(17)19)20(26)28-21(2,3)4/h6-8,13,17H,5,9-12,14-15H2,1-4H3,(H,22,23). The van der Waals surface area contributed by atoms with Crippen molar-refractivity contribution < 1.29 is 14.3 Å². The van der Waals surface area contributed by atoms with Gasteiger partial charge in [0, 0.05) is 26.2 Å². The molecule has 0 aliphatic carbocycles. The van der Waals surface area contributed by atoms with Crippen molar-refractivity contribution in [1.82, 2.24) is 15.1 Å². The summed E-state index contributed by atoms with van der Waals surface area (Å²) in [6, 6.07) is 8.44. The summed E-state index contributed by atoms with van der Waals surface area (Å²) in [7, 11) is 0. The quantitative estimate of drug-likeness (QED) is 0.840. The van der Waals surface area contributed by atoms with Gasteiger partial charge in [-0.2, -0.15) is 0 Å². The highest BCUT2D eigenvalue weighted by molar-refractivity contribution is 5.82. The first kappa shape index (κ1) is 20.3. The lowest BCUT2D eigenvalue weighted by molar-refractivity contribution is 0.0137. The molecule has 0 saturated carbocycles. The molecule has 3 rings (SSSR count). The summed E-state index contributed by atoms with van der Waals surface area (Å²) in [6.45, 7) is 12.0. The third-order valence-corrected chi connectivity index (χ3v) is 4.76. The van der Waals surface area contributed by atoms with E-state index in [2.05, 4.69) is 27.3 Å². The number of hydrogen-bond acceptors (Lipinski definition) is 6. The second-order valence-electron chi connectivity index (χ2n) is 8.20. The molecule has 1 N–H and O–H groups in total. The fourth-order valence-electron chi connectivity index (χ4n) is 3.50. The zero-order chi connectivity index (χ0) is 20.1. The molecular weight excluding hydrogens is 356 g/mol. The van der Waals surface area contributed by atoms with Crippen molar-refractivity contribution in [3.8, 4) is 5.75 Å². The van der Waals surface area contributed by atoms with Crippen molar-refractivity contribution in [2.45, 2.75) is 45.8 Å². The van der Waals surface area contributed by atoms with Gasteiger partial charge in [-0.05, 0) is 51.8 Å². The third-order valence-electron chi connectivity index (χ3n) is 4.76. The van der Waals surface area contributed by atoms with Crippen molar-refractivity contribution in [2.24, 2.45) is 4.99 Å². The van der Waals surface area contributed by atoms with Crippen LogP contribution in [0, 0.1) is 0 Å². The van der Waals surface area contributed by atoms with E-state index >= 15 is 0 Å². The average molecular weight is 389 g/mol. The van der Waals surface area contributed by atoms with Crippen LogP contribution < -0.4 is 10.1 Å². The van der Waals surface area contributed by atoms with Gasteiger partial charge in [-0.15, -0.1) is 0 Å². The summed E-state index contributed by atoms with van der Waals surface area (Å²) >= 11 is 0. The Morgan fingerprint density at radius 2 is 2.14 bits per heavy atom. The number of ether oxygens (including phenoxy) is 2. The van der Waals surface area contributed by atoms with Gasteiger partial charge < -0.3 is 24.6 Å². The Bertz CT molecular complexity index is 714. The highest BCUT2D eigenvalue weighted by atomic mass is 16.6. The number of nitrogens with zero attached hydrogens (tertiary/aromatic N) is 3. The zero-order valence-electron chi connectivity index (χ0n) is 17.4. The number of guanidine groups is 1. The summed E-state index contributed by atoms with van der Waals surface area (Å²) in [5.41, 5.74) is 0.774. The van der Waals surface area contributed by atoms with Crippen molar-refractivity contribution in [3.63, 3.8) is 0 Å². The maximum atomic E-state index is 12.3. The van der Waals surface area contributed by atoms with Crippen LogP contribution in [-0.4, -0.2) is 72.8 Å². The molecule has 28 heavy (non-hydrogen) atoms. The Labute approximate surface area is 167 Å². The number of benzene rings is 1. The molecule has 7 nitrogen and oxygen atoms in total. The molecule has 0 aromatic heterocycles. The molecule has 1 aromatic rings. The van der Waals surface area contributed by atoms with E-state index in [-0.39, 0.29) is 12.1 Å². The summed E-state index contributed by atoms with van der Waals surface area (Å²) in [5, 5.41) is 3.46. The van der Waals surface area contributed by atoms with Crippen LogP contribution in [0.5, 0.6) is 5.75 Å². The van der Waals surface area contributed by atoms with Crippen LogP contribution in [0.1, 0.15) is 33.3 Å². The summed E-state index contributed by atoms with van der Waals surface area (Å²) in [4.78, 5) is 21.0. The normalized spacial score (nSPS) is 19.1. The van der Waals surface area contributed by atoms with Gasteiger partial charge in [0.2, 0.25) is 0 Å². The highest BCUT2D eigenvalue weighted by Gasteiger charge is 2.36. The number of rotatable bonds is 5. The van der Waals surface area contributed by atoms with Gasteiger partial charge in [0.1, 0.15) is 11.4 Å². The number of carbonyl (C=O) groups excluding carboxylic acids is 1. The summed E-state index contributed by atoms with van der Waals surface area (Å²) in [6.07, 6.45) is 0.672. The van der Waals surface area contributed by atoms with E-state index in [0.717, 1.165) is 31.2 Å². The first-order valence-electron chi connectivity index (χ1n) is 10.1. The van der Waals surface area contributed by atoms with Crippen LogP contribution in [0.4, 0.5) is 4.79 Å². The number of carbonyl (C=O) groups is 1. The predicted octanol–water partition coefficient (Wildman–Crippen LogP) is 2.51. The van der Waals surface area contributed by atoms with Crippen LogP contribution in [-0.2, 0) is 11.2 Å². The van der Waals surface area contributed by atoms with E-state index in [4.69, 9.17) is 9.47 Å². The monoisotopic (exact) mass is 388 g/mol. The second-order valence-corrected chi connectivity index (χ2v) is 8.20. The number of piperazine rings is 1. The molecule has 0 spiro atoms. The van der Waals surface area contributed by atoms with Crippen LogP contribution in [0.15, 0.2) is 29.3 Å². The third kappa shape index (κ3) is 5.30. The lowest BCUT2D eigenvalue weighted by Crippen LogP contribution is -2.57. The Balaban J connectivity index is 1.46. The summed E-state index contributed by atoms with van der Waals surface area (Å²) < 4.78 is 11.1. The molecule has 2 aliphatic rings. The minimum absolute atomic E-state index is 0.227. The molecule has 2 aliphatic heterocycles. The minimum atomic E-state index is -0.466. The molecule has 1 amide bonds. The van der Waals surface area contributed by atoms with E-state index in [9.17, 15) is 4.79 Å². The first-order chi connectivity index (χ1) is 13.4. The van der Waals surface area contributed by atoms with Crippen LogP contribution in [0.2, 0.25) is 0 Å². The Morgan fingerprint density at radius 1 is 1.32 bits per heavy atom. The maximum Gasteiger partial charge on any atom is 0.410 e. The van der Waals surface area contributed by atoms with Gasteiger partial charge in [-0.3, -0.25) is 4.99 Å². The highest BCUT2D eigenvalue weighted by Crippen LogP contribution is 2.19. The van der Waals surface area contributed by atoms with Crippen molar-refractivity contribution in [2.75, 3.05) is 39.3 Å². The largest absolute Gasteiger partial charge is 0.494 e. The predicted molar refractivity (Wildman–Crippen MR) is 110 cm³/mol. The fraction of sp³-hybridized carbons (Fsp3) is 0.619. The molecule has 0 bridgehead atoms. The Hall–Kier alpha value is -2.44. The van der Waals surface area contributed by atoms with Crippen LogP contribution in [0.25, 0.3) is 0 Å². The lowest BCUT2D eigenvalue weighted by Gasteiger charge is -2.39. The molecule has 154 valence electrons. The lowest BCUT2D eigenvalue weighted by atomic mass is 10.1. The molecule has 1 fully saturated rings. The molecule has 7 heteroatoms. The second kappa shape index (κ2) is 8.71. The average Bonchev–Trinajstić information content (AvgIpc) is 3.03. The maximum absolute atomic E-state index is 12.3. The van der Waals surface area contributed by atoms with E-state index < -0.39 is 5.60 Å². The smallest absolute Gasteiger partial charge is 0.410 e. The van der Waals surface area contributed by atoms with Gasteiger partial charge in [-0.1, -0.05) is 12.1 Å². The van der Waals surface area contributed by atoms with Gasteiger partial charge in [0.25, 0.3) is 0 Å². The van der Waals surface area contributed by atoms with E-state index in [1.165, 1.54) is 5.56 Å². The topological polar surface area (TPSA) is 66.4 Å². The molecule has 0 radical (unpaired) electrons. The van der Waals surface area contributed by atoms with Crippen molar-refractivity contribution in [3.05, 3.63) is 29.8 Å². The van der Waals surface area contributed by atoms with E-state index in [1.807, 2.05) is 39.8 Å². The fourth-order valence-corrected chi connectivity index (χ4v) is 3.50. The van der Waals surface area contributed by atoms with Crippen LogP contribution >= 0.6 is 0 Å². The van der Waals surface area contributed by atoms with Gasteiger partial charge in [0.05, 0.1) is 19.2 Å². The van der Waals surface area contributed by atoms with Gasteiger partial charge >= 0.3 is 6.09 Å². The number of nitrogens with one attached hydrogen (secondary N) is 1. The first-order valence-corrected chi connectivity index (χ1v) is 10.1. The van der Waals surface area contributed by atoms with Crippen molar-refractivity contribution >= 4 is 12.1 Å². The van der Waals surface area contributed by atoms with Crippen molar-refractivity contribution in [1.29, 1.82) is 0 Å². The van der Waals surface area contributed by atoms with E-state index in [0.29, 0.717) is 26.2 Å². The van der Waals surface area contributed by atoms with Gasteiger partial charge in [0.15, 0.2) is 5.96 Å². The molecule has 2 heterocycles. The molecular formula is C21H32N4O3. The van der Waals surface area contributed by atoms with E-state index in [1.54, 1.807) is 4.90 Å². The zero-order valence-corrected chi connectivity index (χ0v) is 17.4. The number of aliphatic imine (C=N–C) groups is 1. The SMILES string of the molecule is CCOc1cccc(CCNC2=NCC3CN(C(=O)OC(C)(C)C)CCN23)c1. The molecule has 1 unspecified atom stereocenters. The Morgan fingerprint density at radius 3 is 2.89 bits per heavy atom. The van der Waals surface area contributed by atoms with Gasteiger partial charge in [-0.25, -0.2) is 4.79 Å². The minimum Gasteiger partial charge on any atom is -0.494 e. The van der Waals surface area contributed by atoms with Crippen LogP contribution in [0.3, 0.4) is 0 Å². The number of amides is 1. The number of hydrogen-bond donors (Lipinski definition) is 1. The Kier molecular flexibility index (Phi) is 6.31. The number of fused-ring (bicyclic) bond motifs is 1. The molecule has 1 saturated heterocycles.